The first-order valence-electron chi connectivity index (χ1n) is 6.39. The Bertz CT molecular complexity index is 441. The highest BCUT2D eigenvalue weighted by Crippen LogP contribution is 2.21. The van der Waals surface area contributed by atoms with Crippen LogP contribution >= 0.6 is 15.9 Å². The van der Waals surface area contributed by atoms with Crippen LogP contribution in [0.25, 0.3) is 0 Å². The van der Waals surface area contributed by atoms with E-state index >= 15 is 0 Å². The van der Waals surface area contributed by atoms with Gasteiger partial charge in [-0.15, -0.1) is 0 Å². The summed E-state index contributed by atoms with van der Waals surface area (Å²) in [7, 11) is 0. The van der Waals surface area contributed by atoms with E-state index < -0.39 is 0 Å². The molecule has 0 saturated carbocycles. The van der Waals surface area contributed by atoms with E-state index in [1.807, 2.05) is 21.7 Å². The fraction of sp³-hybridized carbons (Fsp3) is 0.615. The van der Waals surface area contributed by atoms with Crippen molar-refractivity contribution in [3.8, 4) is 0 Å². The summed E-state index contributed by atoms with van der Waals surface area (Å²) in [5.74, 6) is 0.128. The average molecular weight is 314 g/mol. The Kier molecular flexibility index (Phi) is 4.12. The molecule has 1 aromatic rings. The number of carbonyl (C=O) groups excluding carboxylic acids is 1. The van der Waals surface area contributed by atoms with Crippen LogP contribution in [0.2, 0.25) is 0 Å². The van der Waals surface area contributed by atoms with Crippen molar-refractivity contribution in [2.45, 2.75) is 32.9 Å². The quantitative estimate of drug-likeness (QED) is 0.909. The summed E-state index contributed by atoms with van der Waals surface area (Å²) < 4.78 is 2.99. The molecule has 1 amide bonds. The summed E-state index contributed by atoms with van der Waals surface area (Å²) in [6.45, 7) is 8.71. The lowest BCUT2D eigenvalue weighted by atomic mass is 10.2. The molecule has 2 heterocycles. The van der Waals surface area contributed by atoms with E-state index in [1.54, 1.807) is 0 Å². The molecule has 0 spiro atoms. The van der Waals surface area contributed by atoms with Crippen molar-refractivity contribution in [2.24, 2.45) is 0 Å². The standard InChI is InChI=1S/C13H20BrN3O/c1-9(2)17-8-11(14)6-12(17)13(18)16-5-4-15-10(3)7-16/h6,8-10,15H,4-5,7H2,1-3H3. The molecule has 0 bridgehead atoms. The average Bonchev–Trinajstić information content (AvgIpc) is 2.70. The second kappa shape index (κ2) is 5.45. The third kappa shape index (κ3) is 2.78. The molecule has 1 aliphatic heterocycles. The molecule has 0 aromatic carbocycles. The molecule has 0 radical (unpaired) electrons. The predicted molar refractivity (Wildman–Crippen MR) is 75.9 cm³/mol. The number of rotatable bonds is 2. The Morgan fingerprint density at radius 3 is 2.89 bits per heavy atom. The minimum atomic E-state index is 0.128. The lowest BCUT2D eigenvalue weighted by Crippen LogP contribution is -2.51. The van der Waals surface area contributed by atoms with E-state index in [4.69, 9.17) is 0 Å². The maximum atomic E-state index is 12.5. The Labute approximate surface area is 116 Å². The molecule has 1 N–H and O–H groups in total. The van der Waals surface area contributed by atoms with Gasteiger partial charge in [0.1, 0.15) is 5.69 Å². The summed E-state index contributed by atoms with van der Waals surface area (Å²) in [5, 5.41) is 3.35. The van der Waals surface area contributed by atoms with E-state index in [-0.39, 0.29) is 11.9 Å². The molecule has 0 aliphatic carbocycles. The van der Waals surface area contributed by atoms with Gasteiger partial charge in [0.2, 0.25) is 0 Å². The number of hydrogen-bond acceptors (Lipinski definition) is 2. The van der Waals surface area contributed by atoms with Crippen molar-refractivity contribution in [1.29, 1.82) is 0 Å². The fourth-order valence-electron chi connectivity index (χ4n) is 2.32. The molecule has 1 aromatic heterocycles. The van der Waals surface area contributed by atoms with Crippen molar-refractivity contribution in [3.05, 3.63) is 22.4 Å². The number of hydrogen-bond donors (Lipinski definition) is 1. The van der Waals surface area contributed by atoms with Crippen LogP contribution in [0.5, 0.6) is 0 Å². The molecule has 1 unspecified atom stereocenters. The molecule has 18 heavy (non-hydrogen) atoms. The highest BCUT2D eigenvalue weighted by Gasteiger charge is 2.24. The van der Waals surface area contributed by atoms with E-state index in [2.05, 4.69) is 42.0 Å². The van der Waals surface area contributed by atoms with E-state index in [0.29, 0.717) is 6.04 Å². The first kappa shape index (κ1) is 13.6. The lowest BCUT2D eigenvalue weighted by molar-refractivity contribution is 0.0696. The van der Waals surface area contributed by atoms with Crippen LogP contribution in [-0.2, 0) is 0 Å². The SMILES string of the molecule is CC1CN(C(=O)c2cc(Br)cn2C(C)C)CCN1. The van der Waals surface area contributed by atoms with Gasteiger partial charge in [0.25, 0.3) is 5.91 Å². The van der Waals surface area contributed by atoms with Gasteiger partial charge in [-0.25, -0.2) is 0 Å². The number of aromatic nitrogens is 1. The number of nitrogens with zero attached hydrogens (tertiary/aromatic N) is 2. The molecule has 4 nitrogen and oxygen atoms in total. The zero-order valence-corrected chi connectivity index (χ0v) is 12.7. The monoisotopic (exact) mass is 313 g/mol. The number of piperazine rings is 1. The van der Waals surface area contributed by atoms with Crippen molar-refractivity contribution in [3.63, 3.8) is 0 Å². The van der Waals surface area contributed by atoms with Crippen LogP contribution in [0.1, 0.15) is 37.3 Å². The normalized spacial score (nSPS) is 20.5. The van der Waals surface area contributed by atoms with Crippen LogP contribution < -0.4 is 5.32 Å². The van der Waals surface area contributed by atoms with Crippen molar-refractivity contribution >= 4 is 21.8 Å². The lowest BCUT2D eigenvalue weighted by Gasteiger charge is -2.32. The Morgan fingerprint density at radius 2 is 2.28 bits per heavy atom. The van der Waals surface area contributed by atoms with Gasteiger partial charge in [-0.1, -0.05) is 0 Å². The molecule has 1 saturated heterocycles. The Balaban J connectivity index is 2.22. The molecule has 100 valence electrons. The molecule has 1 aliphatic rings. The maximum absolute atomic E-state index is 12.5. The second-order valence-electron chi connectivity index (χ2n) is 5.15. The summed E-state index contributed by atoms with van der Waals surface area (Å²) in [5.41, 5.74) is 0.769. The van der Waals surface area contributed by atoms with Crippen LogP contribution in [-0.4, -0.2) is 41.1 Å². The van der Waals surface area contributed by atoms with Gasteiger partial charge in [-0.2, -0.15) is 0 Å². The first-order chi connectivity index (χ1) is 8.49. The van der Waals surface area contributed by atoms with Crippen LogP contribution in [0, 0.1) is 0 Å². The zero-order chi connectivity index (χ0) is 13.3. The molecular weight excluding hydrogens is 294 g/mol. The maximum Gasteiger partial charge on any atom is 0.270 e. The topological polar surface area (TPSA) is 37.3 Å². The van der Waals surface area contributed by atoms with Gasteiger partial charge in [0, 0.05) is 42.4 Å². The molecule has 1 atom stereocenters. The van der Waals surface area contributed by atoms with Crippen LogP contribution in [0.4, 0.5) is 0 Å². The highest BCUT2D eigenvalue weighted by atomic mass is 79.9. The second-order valence-corrected chi connectivity index (χ2v) is 6.07. The zero-order valence-electron chi connectivity index (χ0n) is 11.1. The van der Waals surface area contributed by atoms with E-state index in [0.717, 1.165) is 29.8 Å². The number of amides is 1. The third-order valence-electron chi connectivity index (χ3n) is 3.25. The summed E-state index contributed by atoms with van der Waals surface area (Å²) in [6.07, 6.45) is 1.98. The van der Waals surface area contributed by atoms with Gasteiger partial charge in [0.05, 0.1) is 0 Å². The van der Waals surface area contributed by atoms with Crippen molar-refractivity contribution in [1.82, 2.24) is 14.8 Å². The molecule has 5 heteroatoms. The number of halogens is 1. The summed E-state index contributed by atoms with van der Waals surface area (Å²) in [6, 6.07) is 2.57. The van der Waals surface area contributed by atoms with Gasteiger partial charge < -0.3 is 14.8 Å². The number of carbonyl (C=O) groups is 1. The highest BCUT2D eigenvalue weighted by molar-refractivity contribution is 9.10. The Hall–Kier alpha value is -0.810. The van der Waals surface area contributed by atoms with Crippen LogP contribution in [0.15, 0.2) is 16.7 Å². The largest absolute Gasteiger partial charge is 0.340 e. The molecule has 1 fully saturated rings. The number of nitrogens with one attached hydrogen (secondary N) is 1. The minimum Gasteiger partial charge on any atom is -0.340 e. The summed E-state index contributed by atoms with van der Waals surface area (Å²) in [4.78, 5) is 14.5. The Morgan fingerprint density at radius 1 is 1.56 bits per heavy atom. The minimum absolute atomic E-state index is 0.128. The van der Waals surface area contributed by atoms with Crippen molar-refractivity contribution < 1.29 is 4.79 Å². The molecular formula is C13H20BrN3O. The van der Waals surface area contributed by atoms with Gasteiger partial charge in [-0.05, 0) is 42.8 Å². The van der Waals surface area contributed by atoms with E-state index in [9.17, 15) is 4.79 Å². The summed E-state index contributed by atoms with van der Waals surface area (Å²) >= 11 is 3.45. The van der Waals surface area contributed by atoms with Gasteiger partial charge in [0.15, 0.2) is 0 Å². The van der Waals surface area contributed by atoms with Gasteiger partial charge in [-0.3, -0.25) is 4.79 Å². The molecule has 2 rings (SSSR count). The van der Waals surface area contributed by atoms with Crippen LogP contribution in [0.3, 0.4) is 0 Å². The van der Waals surface area contributed by atoms with Crippen molar-refractivity contribution in [2.75, 3.05) is 19.6 Å². The smallest absolute Gasteiger partial charge is 0.270 e. The third-order valence-corrected chi connectivity index (χ3v) is 3.68. The fourth-order valence-corrected chi connectivity index (χ4v) is 2.76. The van der Waals surface area contributed by atoms with E-state index in [1.165, 1.54) is 0 Å². The predicted octanol–water partition coefficient (Wildman–Crippen LogP) is 2.27. The first-order valence-corrected chi connectivity index (χ1v) is 7.18. The van der Waals surface area contributed by atoms with Gasteiger partial charge >= 0.3 is 0 Å².